The van der Waals surface area contributed by atoms with Gasteiger partial charge in [0.25, 0.3) is 5.91 Å². The van der Waals surface area contributed by atoms with E-state index in [4.69, 9.17) is 21.4 Å². The van der Waals surface area contributed by atoms with Gasteiger partial charge in [-0.3, -0.25) is 14.6 Å². The molecule has 0 unspecified atom stereocenters. The SMILES string of the molecule is C=N/C(=C(/C(=O)N(C)CCCO)N(COCCC)Cc1ccc(Cl)cn1)N(C)C=O. The zero-order valence-electron chi connectivity index (χ0n) is 17.8. The van der Waals surface area contributed by atoms with Gasteiger partial charge in [-0.25, -0.2) is 4.99 Å². The fourth-order valence-corrected chi connectivity index (χ4v) is 2.68. The van der Waals surface area contributed by atoms with Gasteiger partial charge in [0, 0.05) is 40.1 Å². The first-order chi connectivity index (χ1) is 14.4. The summed E-state index contributed by atoms with van der Waals surface area (Å²) in [5.41, 5.74) is 0.799. The van der Waals surface area contributed by atoms with Crippen molar-refractivity contribution in [3.05, 3.63) is 40.6 Å². The number of carbonyl (C=O) groups excluding carboxylic acids is 2. The summed E-state index contributed by atoms with van der Waals surface area (Å²) < 4.78 is 5.70. The second-order valence-corrected chi connectivity index (χ2v) is 6.99. The van der Waals surface area contributed by atoms with Crippen molar-refractivity contribution in [3.8, 4) is 0 Å². The quantitative estimate of drug-likeness (QED) is 0.156. The summed E-state index contributed by atoms with van der Waals surface area (Å²) in [7, 11) is 3.11. The molecule has 0 aliphatic heterocycles. The summed E-state index contributed by atoms with van der Waals surface area (Å²) in [5.74, 6) is -0.284. The Morgan fingerprint density at radius 3 is 2.67 bits per heavy atom. The van der Waals surface area contributed by atoms with Crippen molar-refractivity contribution in [1.82, 2.24) is 19.7 Å². The molecule has 1 heterocycles. The number of likely N-dealkylation sites (N-methyl/N-ethyl adjacent to an activating group) is 1. The number of hydrogen-bond acceptors (Lipinski definition) is 7. The van der Waals surface area contributed by atoms with E-state index in [9.17, 15) is 9.59 Å². The average molecular weight is 440 g/mol. The van der Waals surface area contributed by atoms with Crippen LogP contribution >= 0.6 is 11.6 Å². The smallest absolute Gasteiger partial charge is 0.273 e. The monoisotopic (exact) mass is 439 g/mol. The van der Waals surface area contributed by atoms with Crippen LogP contribution in [0.5, 0.6) is 0 Å². The molecular weight excluding hydrogens is 410 g/mol. The van der Waals surface area contributed by atoms with E-state index < -0.39 is 0 Å². The van der Waals surface area contributed by atoms with E-state index in [1.165, 1.54) is 23.0 Å². The summed E-state index contributed by atoms with van der Waals surface area (Å²) >= 11 is 5.93. The van der Waals surface area contributed by atoms with Gasteiger partial charge in [-0.2, -0.15) is 0 Å². The molecule has 1 N–H and O–H groups in total. The minimum atomic E-state index is -0.381. The molecule has 0 aromatic carbocycles. The fraction of sp³-hybridized carbons (Fsp3) is 0.500. The Kier molecular flexibility index (Phi) is 11.7. The molecule has 1 aromatic heterocycles. The van der Waals surface area contributed by atoms with Gasteiger partial charge in [0.15, 0.2) is 5.82 Å². The molecule has 0 saturated heterocycles. The highest BCUT2D eigenvalue weighted by Crippen LogP contribution is 2.20. The number of aromatic nitrogens is 1. The number of pyridine rings is 1. The Balaban J connectivity index is 3.42. The molecule has 0 aliphatic rings. The second kappa shape index (κ2) is 13.7. The molecule has 166 valence electrons. The molecule has 0 spiro atoms. The van der Waals surface area contributed by atoms with Gasteiger partial charge >= 0.3 is 0 Å². The number of halogens is 1. The Bertz CT molecular complexity index is 726. The van der Waals surface area contributed by atoms with E-state index >= 15 is 0 Å². The van der Waals surface area contributed by atoms with E-state index in [1.807, 2.05) is 6.92 Å². The van der Waals surface area contributed by atoms with Crippen LogP contribution in [0.25, 0.3) is 0 Å². The standard InChI is InChI=1S/C20H30ClN5O4/c1-5-11-30-15-26(13-17-8-7-16(21)12-23-17)18(19(22-2)25(4)14-28)20(29)24(3)9-6-10-27/h7-8,12,14,27H,2,5-6,9-11,13,15H2,1,3-4H3/b19-18+. The number of hydrogen-bond donors (Lipinski definition) is 1. The van der Waals surface area contributed by atoms with Crippen molar-refractivity contribution in [3.63, 3.8) is 0 Å². The molecule has 9 nitrogen and oxygen atoms in total. The van der Waals surface area contributed by atoms with Crippen LogP contribution in [-0.2, 0) is 20.9 Å². The first-order valence-corrected chi connectivity index (χ1v) is 9.95. The zero-order chi connectivity index (χ0) is 22.5. The first-order valence-electron chi connectivity index (χ1n) is 9.58. The number of ether oxygens (including phenoxy) is 1. The number of aliphatic imine (C=N–C) groups is 1. The first kappa shape index (κ1) is 25.5. The molecule has 30 heavy (non-hydrogen) atoms. The van der Waals surface area contributed by atoms with Crippen LogP contribution < -0.4 is 0 Å². The third-order valence-electron chi connectivity index (χ3n) is 4.11. The maximum absolute atomic E-state index is 13.3. The van der Waals surface area contributed by atoms with Crippen molar-refractivity contribution < 1.29 is 19.4 Å². The van der Waals surface area contributed by atoms with Crippen molar-refractivity contribution in [2.75, 3.05) is 40.6 Å². The predicted octanol–water partition coefficient (Wildman–Crippen LogP) is 1.72. The largest absolute Gasteiger partial charge is 0.396 e. The molecule has 1 rings (SSSR count). The number of amides is 2. The van der Waals surface area contributed by atoms with Gasteiger partial charge in [0.2, 0.25) is 6.41 Å². The van der Waals surface area contributed by atoms with Crippen molar-refractivity contribution in [2.24, 2.45) is 4.99 Å². The van der Waals surface area contributed by atoms with E-state index in [2.05, 4.69) is 16.7 Å². The third kappa shape index (κ3) is 7.74. The van der Waals surface area contributed by atoms with Gasteiger partial charge in [0.05, 0.1) is 17.3 Å². The molecule has 0 aliphatic carbocycles. The Labute approximate surface area is 182 Å². The maximum Gasteiger partial charge on any atom is 0.273 e. The Hall–Kier alpha value is -2.49. The van der Waals surface area contributed by atoms with Crippen LogP contribution in [-0.4, -0.2) is 84.4 Å². The van der Waals surface area contributed by atoms with Gasteiger partial charge < -0.3 is 24.5 Å². The molecule has 1 aromatic rings. The van der Waals surface area contributed by atoms with E-state index in [0.717, 1.165) is 6.42 Å². The topological polar surface area (TPSA) is 98.6 Å². The van der Waals surface area contributed by atoms with E-state index in [0.29, 0.717) is 36.7 Å². The Morgan fingerprint density at radius 1 is 1.40 bits per heavy atom. The lowest BCUT2D eigenvalue weighted by Crippen LogP contribution is -2.40. The van der Waals surface area contributed by atoms with Crippen LogP contribution in [0.15, 0.2) is 34.8 Å². The number of aliphatic hydroxyl groups excluding tert-OH is 1. The number of rotatable bonds is 14. The summed E-state index contributed by atoms with van der Waals surface area (Å²) in [6.45, 7) is 6.59. The summed E-state index contributed by atoms with van der Waals surface area (Å²) in [5, 5.41) is 9.60. The van der Waals surface area contributed by atoms with Crippen LogP contribution in [0.4, 0.5) is 0 Å². The number of nitrogens with zero attached hydrogens (tertiary/aromatic N) is 5. The van der Waals surface area contributed by atoms with E-state index in [1.54, 1.807) is 24.1 Å². The minimum absolute atomic E-state index is 0.0461. The summed E-state index contributed by atoms with van der Waals surface area (Å²) in [6, 6.07) is 3.45. The average Bonchev–Trinajstić information content (AvgIpc) is 2.75. The molecule has 2 amide bonds. The van der Waals surface area contributed by atoms with Crippen LogP contribution in [0, 0.1) is 0 Å². The fourth-order valence-electron chi connectivity index (χ4n) is 2.57. The van der Waals surface area contributed by atoms with Gasteiger partial charge in [-0.15, -0.1) is 0 Å². The highest BCUT2D eigenvalue weighted by molar-refractivity contribution is 6.30. The molecule has 0 saturated carbocycles. The Morgan fingerprint density at radius 2 is 2.13 bits per heavy atom. The van der Waals surface area contributed by atoms with Crippen molar-refractivity contribution in [1.29, 1.82) is 0 Å². The lowest BCUT2D eigenvalue weighted by atomic mass is 10.2. The van der Waals surface area contributed by atoms with Crippen LogP contribution in [0.1, 0.15) is 25.5 Å². The zero-order valence-corrected chi connectivity index (χ0v) is 18.5. The van der Waals surface area contributed by atoms with Gasteiger partial charge in [0.1, 0.15) is 12.4 Å². The lowest BCUT2D eigenvalue weighted by Gasteiger charge is -2.31. The number of carbonyl (C=O) groups is 2. The highest BCUT2D eigenvalue weighted by Gasteiger charge is 2.27. The number of aliphatic hydroxyl groups is 1. The predicted molar refractivity (Wildman–Crippen MR) is 116 cm³/mol. The highest BCUT2D eigenvalue weighted by atomic mass is 35.5. The normalized spacial score (nSPS) is 11.5. The van der Waals surface area contributed by atoms with Crippen LogP contribution in [0.3, 0.4) is 0 Å². The van der Waals surface area contributed by atoms with Crippen molar-refractivity contribution in [2.45, 2.75) is 26.3 Å². The van der Waals surface area contributed by atoms with Gasteiger partial charge in [-0.1, -0.05) is 18.5 Å². The second-order valence-electron chi connectivity index (χ2n) is 6.55. The molecule has 0 atom stereocenters. The van der Waals surface area contributed by atoms with Crippen molar-refractivity contribution >= 4 is 30.6 Å². The summed E-state index contributed by atoms with van der Waals surface area (Å²) in [6.07, 6.45) is 3.29. The lowest BCUT2D eigenvalue weighted by molar-refractivity contribution is -0.129. The molecule has 0 radical (unpaired) electrons. The summed E-state index contributed by atoms with van der Waals surface area (Å²) in [4.78, 5) is 37.3. The minimum Gasteiger partial charge on any atom is -0.396 e. The van der Waals surface area contributed by atoms with E-state index in [-0.39, 0.29) is 37.3 Å². The van der Waals surface area contributed by atoms with Crippen LogP contribution in [0.2, 0.25) is 5.02 Å². The molecular formula is C20H30ClN5O4. The van der Waals surface area contributed by atoms with Gasteiger partial charge in [-0.05, 0) is 31.7 Å². The molecule has 0 bridgehead atoms. The maximum atomic E-state index is 13.3. The molecule has 0 fully saturated rings. The molecule has 10 heteroatoms. The third-order valence-corrected chi connectivity index (χ3v) is 4.33.